The number of rotatable bonds is 7. The fourth-order valence-corrected chi connectivity index (χ4v) is 5.24. The van der Waals surface area contributed by atoms with Gasteiger partial charge in [-0.05, 0) is 80.0 Å². The van der Waals surface area contributed by atoms with Gasteiger partial charge in [-0.2, -0.15) is 0 Å². The van der Waals surface area contributed by atoms with Gasteiger partial charge < -0.3 is 14.6 Å². The molecule has 0 radical (unpaired) electrons. The quantitative estimate of drug-likeness (QED) is 0.572. The van der Waals surface area contributed by atoms with Crippen LogP contribution in [0.4, 0.5) is 0 Å². The van der Waals surface area contributed by atoms with Crippen molar-refractivity contribution in [2.75, 3.05) is 0 Å². The van der Waals surface area contributed by atoms with Crippen LogP contribution in [0.25, 0.3) is 0 Å². The van der Waals surface area contributed by atoms with Crippen LogP contribution in [0.15, 0.2) is 53.1 Å². The molecule has 0 atom stereocenters. The normalized spacial score (nSPS) is 15.4. The molecule has 2 aliphatic rings. The van der Waals surface area contributed by atoms with Gasteiger partial charge in [-0.25, -0.2) is 0 Å². The van der Waals surface area contributed by atoms with Crippen molar-refractivity contribution in [1.82, 2.24) is 10.2 Å². The number of hydrogen-bond acceptors (Lipinski definition) is 4. The molecule has 0 aliphatic heterocycles. The molecule has 2 aliphatic carbocycles. The molecule has 1 fully saturated rings. The Balaban J connectivity index is 1.34. The van der Waals surface area contributed by atoms with Gasteiger partial charge in [0.05, 0.1) is 17.7 Å². The second-order valence-electron chi connectivity index (χ2n) is 8.45. The third-order valence-corrected chi connectivity index (χ3v) is 7.15. The van der Waals surface area contributed by atoms with E-state index in [-0.39, 0.29) is 11.8 Å². The lowest BCUT2D eigenvalue weighted by Gasteiger charge is -2.21. The highest BCUT2D eigenvalue weighted by Crippen LogP contribution is 2.31. The standard InChI is InChI=1S/C25H26N2O3S/c28-24(26-20-11-12-20)18-9-7-17(8-10-18)15-27(16-21-5-3-13-30-21)25(29)23-14-19-4-1-2-6-22(19)31-23/h3,5,7-10,13-14,20H,1-2,4,6,11-12,15-16H2,(H,26,28). The minimum absolute atomic E-state index is 0.0262. The number of amides is 2. The highest BCUT2D eigenvalue weighted by molar-refractivity contribution is 7.14. The lowest BCUT2D eigenvalue weighted by atomic mass is 9.99. The zero-order valence-electron chi connectivity index (χ0n) is 17.4. The third kappa shape index (κ3) is 4.74. The maximum Gasteiger partial charge on any atom is 0.264 e. The minimum atomic E-state index is -0.0262. The van der Waals surface area contributed by atoms with Crippen molar-refractivity contribution in [2.45, 2.75) is 57.7 Å². The fourth-order valence-electron chi connectivity index (χ4n) is 4.02. The van der Waals surface area contributed by atoms with Crippen LogP contribution in [0, 0.1) is 0 Å². The summed E-state index contributed by atoms with van der Waals surface area (Å²) in [6, 6.07) is 13.7. The van der Waals surface area contributed by atoms with Gasteiger partial charge in [0.2, 0.25) is 0 Å². The molecule has 1 N–H and O–H groups in total. The van der Waals surface area contributed by atoms with Crippen molar-refractivity contribution >= 4 is 23.2 Å². The minimum Gasteiger partial charge on any atom is -0.467 e. The summed E-state index contributed by atoms with van der Waals surface area (Å²) < 4.78 is 5.52. The maximum atomic E-state index is 13.4. The van der Waals surface area contributed by atoms with Gasteiger partial charge >= 0.3 is 0 Å². The van der Waals surface area contributed by atoms with Crippen LogP contribution in [0.2, 0.25) is 0 Å². The van der Waals surface area contributed by atoms with E-state index < -0.39 is 0 Å². The summed E-state index contributed by atoms with van der Waals surface area (Å²) in [7, 11) is 0. The molecule has 1 saturated carbocycles. The highest BCUT2D eigenvalue weighted by atomic mass is 32.1. The molecule has 31 heavy (non-hydrogen) atoms. The lowest BCUT2D eigenvalue weighted by Crippen LogP contribution is -2.29. The first-order chi connectivity index (χ1) is 15.2. The number of carbonyl (C=O) groups is 2. The van der Waals surface area contributed by atoms with E-state index in [0.717, 1.165) is 41.9 Å². The van der Waals surface area contributed by atoms with Gasteiger partial charge in [0.15, 0.2) is 0 Å². The molecule has 2 aromatic heterocycles. The molecule has 6 heteroatoms. The van der Waals surface area contributed by atoms with E-state index >= 15 is 0 Å². The van der Waals surface area contributed by atoms with Crippen molar-refractivity contribution in [3.63, 3.8) is 0 Å². The Morgan fingerprint density at radius 3 is 2.58 bits per heavy atom. The second-order valence-corrected chi connectivity index (χ2v) is 9.59. The molecule has 0 spiro atoms. The van der Waals surface area contributed by atoms with Crippen LogP contribution in [0.5, 0.6) is 0 Å². The topological polar surface area (TPSA) is 62.6 Å². The molecule has 5 rings (SSSR count). The van der Waals surface area contributed by atoms with Crippen molar-refractivity contribution < 1.29 is 14.0 Å². The molecular weight excluding hydrogens is 408 g/mol. The number of fused-ring (bicyclic) bond motifs is 1. The van der Waals surface area contributed by atoms with Crippen LogP contribution in [-0.4, -0.2) is 22.8 Å². The lowest BCUT2D eigenvalue weighted by molar-refractivity contribution is 0.0722. The number of nitrogens with one attached hydrogen (secondary N) is 1. The highest BCUT2D eigenvalue weighted by Gasteiger charge is 2.25. The van der Waals surface area contributed by atoms with Gasteiger partial charge in [0.1, 0.15) is 5.76 Å². The first-order valence-corrected chi connectivity index (χ1v) is 11.8. The van der Waals surface area contributed by atoms with E-state index in [2.05, 4.69) is 11.4 Å². The van der Waals surface area contributed by atoms with Crippen molar-refractivity contribution in [2.24, 2.45) is 0 Å². The van der Waals surface area contributed by atoms with Gasteiger partial charge in [-0.3, -0.25) is 9.59 Å². The molecule has 0 unspecified atom stereocenters. The van der Waals surface area contributed by atoms with Gasteiger partial charge in [0.25, 0.3) is 11.8 Å². The number of thiophene rings is 1. The summed E-state index contributed by atoms with van der Waals surface area (Å²) in [6.07, 6.45) is 8.33. The number of hydrogen-bond donors (Lipinski definition) is 1. The zero-order valence-corrected chi connectivity index (χ0v) is 18.2. The van der Waals surface area contributed by atoms with E-state index in [1.807, 2.05) is 41.3 Å². The van der Waals surface area contributed by atoms with E-state index in [1.165, 1.54) is 23.3 Å². The number of benzene rings is 1. The zero-order chi connectivity index (χ0) is 21.2. The Kier molecular flexibility index (Phi) is 5.64. The van der Waals surface area contributed by atoms with E-state index in [9.17, 15) is 9.59 Å². The predicted octanol–water partition coefficient (Wildman–Crippen LogP) is 4.95. The molecule has 5 nitrogen and oxygen atoms in total. The summed E-state index contributed by atoms with van der Waals surface area (Å²) in [6.45, 7) is 0.880. The van der Waals surface area contributed by atoms with Crippen LogP contribution in [0.3, 0.4) is 0 Å². The van der Waals surface area contributed by atoms with Gasteiger partial charge in [-0.15, -0.1) is 11.3 Å². The number of carbonyl (C=O) groups excluding carboxylic acids is 2. The monoisotopic (exact) mass is 434 g/mol. The van der Waals surface area contributed by atoms with Crippen molar-refractivity contribution in [1.29, 1.82) is 0 Å². The largest absolute Gasteiger partial charge is 0.467 e. The molecular formula is C25H26N2O3S. The summed E-state index contributed by atoms with van der Waals surface area (Å²) in [5.74, 6) is 0.767. The molecule has 2 heterocycles. The average molecular weight is 435 g/mol. The molecule has 0 bridgehead atoms. The Labute approximate surface area is 186 Å². The van der Waals surface area contributed by atoms with Crippen LogP contribution >= 0.6 is 11.3 Å². The first-order valence-electron chi connectivity index (χ1n) is 11.0. The summed E-state index contributed by atoms with van der Waals surface area (Å²) >= 11 is 1.64. The number of nitrogens with zero attached hydrogens (tertiary/aromatic N) is 1. The Morgan fingerprint density at radius 2 is 1.87 bits per heavy atom. The van der Waals surface area contributed by atoms with Gasteiger partial charge in [0, 0.05) is 23.0 Å². The van der Waals surface area contributed by atoms with E-state index in [0.29, 0.717) is 24.7 Å². The maximum absolute atomic E-state index is 13.4. The summed E-state index contributed by atoms with van der Waals surface area (Å²) in [5.41, 5.74) is 2.98. The number of aryl methyl sites for hydroxylation is 2. The van der Waals surface area contributed by atoms with E-state index in [1.54, 1.807) is 17.6 Å². The molecule has 2 amide bonds. The molecule has 0 saturated heterocycles. The van der Waals surface area contributed by atoms with Crippen LogP contribution in [0.1, 0.15) is 67.5 Å². The van der Waals surface area contributed by atoms with Crippen LogP contribution < -0.4 is 5.32 Å². The molecule has 160 valence electrons. The number of furan rings is 1. The Morgan fingerprint density at radius 1 is 1.06 bits per heavy atom. The molecule has 3 aromatic rings. The van der Waals surface area contributed by atoms with Crippen molar-refractivity contribution in [3.05, 3.63) is 80.9 Å². The van der Waals surface area contributed by atoms with E-state index in [4.69, 9.17) is 4.42 Å². The van der Waals surface area contributed by atoms with Crippen LogP contribution in [-0.2, 0) is 25.9 Å². The predicted molar refractivity (Wildman–Crippen MR) is 120 cm³/mol. The summed E-state index contributed by atoms with van der Waals surface area (Å²) in [4.78, 5) is 29.7. The Bertz CT molecular complexity index is 1040. The smallest absolute Gasteiger partial charge is 0.264 e. The first kappa shape index (κ1) is 20.1. The Hall–Kier alpha value is -2.86. The third-order valence-electron chi connectivity index (χ3n) is 5.92. The molecule has 1 aromatic carbocycles. The summed E-state index contributed by atoms with van der Waals surface area (Å²) in [5, 5.41) is 3.01. The SMILES string of the molecule is O=C(NC1CC1)c1ccc(CN(Cc2ccco2)C(=O)c2cc3c(s2)CCCC3)cc1. The average Bonchev–Trinajstić information content (AvgIpc) is 3.26. The van der Waals surface area contributed by atoms with Gasteiger partial charge in [-0.1, -0.05) is 12.1 Å². The van der Waals surface area contributed by atoms with Crippen molar-refractivity contribution in [3.8, 4) is 0 Å². The fraction of sp³-hybridized carbons (Fsp3) is 0.360. The second kappa shape index (κ2) is 8.71.